The van der Waals surface area contributed by atoms with Gasteiger partial charge in [0.2, 0.25) is 5.71 Å². The van der Waals surface area contributed by atoms with Gasteiger partial charge >= 0.3 is 6.03 Å². The van der Waals surface area contributed by atoms with Gasteiger partial charge in [0.1, 0.15) is 12.6 Å². The van der Waals surface area contributed by atoms with E-state index in [1.807, 2.05) is 42.1 Å². The van der Waals surface area contributed by atoms with Crippen LogP contribution in [0.1, 0.15) is 18.0 Å². The topological polar surface area (TPSA) is 85.3 Å². The van der Waals surface area contributed by atoms with Crippen molar-refractivity contribution in [2.24, 2.45) is 0 Å². The molecule has 0 saturated carbocycles. The zero-order chi connectivity index (χ0) is 23.6. The van der Waals surface area contributed by atoms with Gasteiger partial charge < -0.3 is 16.0 Å². The van der Waals surface area contributed by atoms with E-state index in [2.05, 4.69) is 27.3 Å². The van der Waals surface area contributed by atoms with Crippen LogP contribution in [0.4, 0.5) is 10.5 Å². The van der Waals surface area contributed by atoms with E-state index in [0.29, 0.717) is 34.9 Å². The maximum atomic E-state index is 13.1. The molecule has 0 bridgehead atoms. The summed E-state index contributed by atoms with van der Waals surface area (Å²) >= 11 is 5.89. The fraction of sp³-hybridized carbons (Fsp3) is 0.160. The highest BCUT2D eigenvalue weighted by Gasteiger charge is 2.24. The van der Waals surface area contributed by atoms with Gasteiger partial charge in [0.15, 0.2) is 7.05 Å². The van der Waals surface area contributed by atoms with Crippen LogP contribution in [0.3, 0.4) is 0 Å². The highest BCUT2D eigenvalue weighted by Crippen LogP contribution is 2.17. The van der Waals surface area contributed by atoms with Gasteiger partial charge in [0, 0.05) is 22.5 Å². The Morgan fingerprint density at radius 3 is 2.45 bits per heavy atom. The number of carbonyl (C=O) groups excluding carboxylic acids is 2. The Balaban J connectivity index is 1.69. The second-order valence-corrected chi connectivity index (χ2v) is 7.66. The maximum absolute atomic E-state index is 13.1. The first-order valence-electron chi connectivity index (χ1n) is 10.3. The Morgan fingerprint density at radius 2 is 1.82 bits per heavy atom. The third-order valence-corrected chi connectivity index (χ3v) is 5.13. The minimum absolute atomic E-state index is 0.356. The number of rotatable bonds is 7. The summed E-state index contributed by atoms with van der Waals surface area (Å²) in [4.78, 5) is 25.7. The number of hydrazone groups is 1. The van der Waals surface area contributed by atoms with Crippen LogP contribution in [-0.4, -0.2) is 35.9 Å². The first-order chi connectivity index (χ1) is 16.0. The molecule has 2 aromatic carbocycles. The third kappa shape index (κ3) is 6.99. The summed E-state index contributed by atoms with van der Waals surface area (Å²) in [7, 11) is 1.88. The van der Waals surface area contributed by atoms with Gasteiger partial charge in [-0.2, -0.15) is 5.43 Å². The second-order valence-electron chi connectivity index (χ2n) is 7.22. The summed E-state index contributed by atoms with van der Waals surface area (Å²) in [6.07, 6.45) is 11.5. The molecule has 1 aliphatic carbocycles. The summed E-state index contributed by atoms with van der Waals surface area (Å²) in [6, 6.07) is 14.4. The average molecular weight is 463 g/mol. The van der Waals surface area contributed by atoms with Crippen molar-refractivity contribution in [1.82, 2.24) is 16.1 Å². The number of terminal acetylenes is 1. The normalized spacial score (nSPS) is 14.9. The number of nitrogens with one attached hydrogen (secondary N) is 4. The Hall–Kier alpha value is -4.02. The van der Waals surface area contributed by atoms with Crippen molar-refractivity contribution < 1.29 is 14.3 Å². The number of allylic oxidation sites excluding steroid dienone is 3. The molecule has 1 aliphatic rings. The summed E-state index contributed by atoms with van der Waals surface area (Å²) < 4.78 is 1.85. The number of urea groups is 1. The zero-order valence-corrected chi connectivity index (χ0v) is 18.9. The molecule has 0 heterocycles. The molecule has 0 saturated heterocycles. The molecule has 0 fully saturated rings. The number of hydrogen-bond donors (Lipinski definition) is 4. The number of carbonyl (C=O) groups is 2. The van der Waals surface area contributed by atoms with Crippen LogP contribution in [0.15, 0.2) is 78.5 Å². The molecule has 0 aromatic heterocycles. The van der Waals surface area contributed by atoms with E-state index in [4.69, 9.17) is 18.0 Å². The van der Waals surface area contributed by atoms with Gasteiger partial charge in [-0.3, -0.25) is 4.79 Å². The van der Waals surface area contributed by atoms with Gasteiger partial charge in [-0.1, -0.05) is 53.9 Å². The van der Waals surface area contributed by atoms with Crippen LogP contribution in [0.2, 0.25) is 5.02 Å². The molecular weight excluding hydrogens is 438 g/mol. The predicted molar refractivity (Wildman–Crippen MR) is 131 cm³/mol. The highest BCUT2D eigenvalue weighted by molar-refractivity contribution is 6.30. The number of anilines is 1. The lowest BCUT2D eigenvalue weighted by molar-refractivity contribution is -0.558. The first-order valence-corrected chi connectivity index (χ1v) is 10.7. The lowest BCUT2D eigenvalue weighted by atomic mass is 10.1. The predicted octanol–water partition coefficient (Wildman–Crippen LogP) is 3.38. The molecule has 3 rings (SSSR count). The van der Waals surface area contributed by atoms with Crippen molar-refractivity contribution in [3.63, 3.8) is 0 Å². The molecule has 0 spiro atoms. The third-order valence-electron chi connectivity index (χ3n) is 4.88. The van der Waals surface area contributed by atoms with E-state index in [1.165, 1.54) is 0 Å². The van der Waals surface area contributed by atoms with E-state index in [1.54, 1.807) is 42.5 Å². The number of amides is 3. The molecule has 4 N–H and O–H groups in total. The Bertz CT molecular complexity index is 1130. The van der Waals surface area contributed by atoms with Crippen molar-refractivity contribution in [1.29, 1.82) is 0 Å². The van der Waals surface area contributed by atoms with E-state index in [9.17, 15) is 9.59 Å². The van der Waals surface area contributed by atoms with E-state index < -0.39 is 12.1 Å². The van der Waals surface area contributed by atoms with Crippen molar-refractivity contribution >= 4 is 34.9 Å². The van der Waals surface area contributed by atoms with E-state index >= 15 is 0 Å². The SMILES string of the molecule is C#CCN[N+](C)=C1C=CC(NC(=O)C(NC(=O)Nc2ccc(Cl)cc2)c2ccccc2)=CC1. The molecule has 1 atom stereocenters. The molecule has 1 unspecified atom stereocenters. The summed E-state index contributed by atoms with van der Waals surface area (Å²) in [5.74, 6) is 2.17. The Morgan fingerprint density at radius 1 is 1.09 bits per heavy atom. The van der Waals surface area contributed by atoms with Crippen LogP contribution in [0, 0.1) is 12.3 Å². The monoisotopic (exact) mass is 462 g/mol. The Labute approximate surface area is 198 Å². The van der Waals surface area contributed by atoms with Crippen LogP contribution in [0.25, 0.3) is 0 Å². The molecule has 2 aromatic rings. The molecule has 8 heteroatoms. The summed E-state index contributed by atoms with van der Waals surface area (Å²) in [6.45, 7) is 0.420. The quantitative estimate of drug-likeness (QED) is 0.289. The second kappa shape index (κ2) is 11.6. The van der Waals surface area contributed by atoms with Gasteiger partial charge in [-0.15, -0.1) is 11.1 Å². The first kappa shape index (κ1) is 23.6. The fourth-order valence-electron chi connectivity index (χ4n) is 3.14. The average Bonchev–Trinajstić information content (AvgIpc) is 2.83. The van der Waals surface area contributed by atoms with Crippen LogP contribution >= 0.6 is 11.6 Å². The minimum Gasteiger partial charge on any atom is -0.324 e. The van der Waals surface area contributed by atoms with Crippen LogP contribution in [0.5, 0.6) is 0 Å². The zero-order valence-electron chi connectivity index (χ0n) is 18.1. The smallest absolute Gasteiger partial charge is 0.320 e. The molecule has 3 amide bonds. The van der Waals surface area contributed by atoms with Crippen molar-refractivity contribution in [2.45, 2.75) is 12.5 Å². The molecular formula is C25H25ClN5O2+. The number of hydrazine groups is 1. The summed E-state index contributed by atoms with van der Waals surface area (Å²) in [5, 5.41) is 8.92. The van der Waals surface area contributed by atoms with E-state index in [0.717, 1.165) is 5.71 Å². The number of halogens is 1. The molecule has 0 aliphatic heterocycles. The number of nitrogens with zero attached hydrogens (tertiary/aromatic N) is 1. The number of benzene rings is 2. The molecule has 168 valence electrons. The summed E-state index contributed by atoms with van der Waals surface area (Å²) in [5.41, 5.74) is 5.95. The van der Waals surface area contributed by atoms with Crippen molar-refractivity contribution in [3.05, 3.63) is 89.1 Å². The highest BCUT2D eigenvalue weighted by atomic mass is 35.5. The molecule has 0 radical (unpaired) electrons. The molecule has 7 nitrogen and oxygen atoms in total. The Kier molecular flexibility index (Phi) is 8.28. The van der Waals surface area contributed by atoms with Crippen LogP contribution in [-0.2, 0) is 4.79 Å². The van der Waals surface area contributed by atoms with Gasteiger partial charge in [0.05, 0.1) is 6.42 Å². The van der Waals surface area contributed by atoms with Crippen LogP contribution < -0.4 is 21.4 Å². The maximum Gasteiger partial charge on any atom is 0.320 e. The fourth-order valence-corrected chi connectivity index (χ4v) is 3.26. The van der Waals surface area contributed by atoms with Crippen molar-refractivity contribution in [3.8, 4) is 12.3 Å². The lowest BCUT2D eigenvalue weighted by Gasteiger charge is -2.20. The van der Waals surface area contributed by atoms with E-state index in [-0.39, 0.29) is 5.91 Å². The molecule has 33 heavy (non-hydrogen) atoms. The number of hydrogen-bond acceptors (Lipinski definition) is 3. The lowest BCUT2D eigenvalue weighted by Crippen LogP contribution is -2.42. The van der Waals surface area contributed by atoms with Gasteiger partial charge in [0.25, 0.3) is 5.91 Å². The largest absolute Gasteiger partial charge is 0.324 e. The van der Waals surface area contributed by atoms with Gasteiger partial charge in [-0.05, 0) is 35.9 Å². The van der Waals surface area contributed by atoms with Gasteiger partial charge in [-0.25, -0.2) is 4.79 Å². The minimum atomic E-state index is -0.891. The standard InChI is InChI=1S/C25H24ClN5O2/c1-3-17-27-31(2)22-15-13-20(14-16-22)28-24(32)23(18-7-5-4-6-8-18)30-25(33)29-21-11-9-19(26)10-12-21/h1,4-15,23,27H,16-17H2,2H3,(H2-,28,29,30,32,33)/p+1. The van der Waals surface area contributed by atoms with Crippen molar-refractivity contribution in [2.75, 3.05) is 18.9 Å².